The summed E-state index contributed by atoms with van der Waals surface area (Å²) < 4.78 is 65.3. The zero-order valence-corrected chi connectivity index (χ0v) is 14.5. The molecule has 3 rings (SSSR count). The summed E-state index contributed by atoms with van der Waals surface area (Å²) in [6, 6.07) is 1.49. The maximum atomic E-state index is 12.9. The topological polar surface area (TPSA) is 50.3 Å². The minimum Gasteiger partial charge on any atom is -0.230 e. The van der Waals surface area contributed by atoms with E-state index in [1.54, 1.807) is 0 Å². The molecular weight excluding hydrogens is 365 g/mol. The molecule has 0 N–H and O–H groups in total. The van der Waals surface area contributed by atoms with E-state index in [1.807, 2.05) is 0 Å². The second-order valence-electron chi connectivity index (χ2n) is 6.35. The lowest BCUT2D eigenvalue weighted by Crippen LogP contribution is -2.39. The number of pyridine rings is 1. The summed E-state index contributed by atoms with van der Waals surface area (Å²) in [5.41, 5.74) is -1.19. The Morgan fingerprint density at radius 3 is 2.38 bits per heavy atom. The van der Waals surface area contributed by atoms with E-state index < -0.39 is 27.0 Å². The van der Waals surface area contributed by atoms with Crippen LogP contribution in [0.2, 0.25) is 5.15 Å². The molecule has 1 aliphatic heterocycles. The molecule has 0 aromatic carbocycles. The molecule has 9 heteroatoms. The van der Waals surface area contributed by atoms with Crippen molar-refractivity contribution in [3.8, 4) is 0 Å². The van der Waals surface area contributed by atoms with Gasteiger partial charge in [0.05, 0.1) is 0 Å². The first-order valence-corrected chi connectivity index (χ1v) is 9.78. The summed E-state index contributed by atoms with van der Waals surface area (Å²) in [4.78, 5) is 2.89. The Kier molecular flexibility index (Phi) is 4.83. The quantitative estimate of drug-likeness (QED) is 0.739. The van der Waals surface area contributed by atoms with Crippen molar-refractivity contribution in [2.24, 2.45) is 5.92 Å². The molecule has 1 saturated heterocycles. The molecule has 2 aliphatic rings. The van der Waals surface area contributed by atoms with Crippen molar-refractivity contribution in [2.45, 2.75) is 55.6 Å². The molecule has 2 heterocycles. The average molecular weight is 383 g/mol. The monoisotopic (exact) mass is 382 g/mol. The first-order valence-electron chi connectivity index (χ1n) is 7.97. The molecule has 0 bridgehead atoms. The SMILES string of the molecule is O=S(=O)(c1ccc(C(F)(F)F)nc1Cl)N1CCC[C@@H]1C1CCCC1. The highest BCUT2D eigenvalue weighted by Crippen LogP contribution is 2.39. The van der Waals surface area contributed by atoms with Crippen LogP contribution in [-0.2, 0) is 16.2 Å². The molecule has 0 spiro atoms. The van der Waals surface area contributed by atoms with Crippen LogP contribution < -0.4 is 0 Å². The molecule has 134 valence electrons. The van der Waals surface area contributed by atoms with Gasteiger partial charge in [-0.3, -0.25) is 0 Å². The zero-order valence-electron chi connectivity index (χ0n) is 12.9. The maximum absolute atomic E-state index is 12.9. The van der Waals surface area contributed by atoms with Crippen LogP contribution in [0.5, 0.6) is 0 Å². The van der Waals surface area contributed by atoms with Crippen LogP contribution in [0, 0.1) is 5.92 Å². The van der Waals surface area contributed by atoms with Crippen LogP contribution in [-0.4, -0.2) is 30.3 Å². The van der Waals surface area contributed by atoms with Crippen molar-refractivity contribution in [3.63, 3.8) is 0 Å². The van der Waals surface area contributed by atoms with Gasteiger partial charge < -0.3 is 0 Å². The summed E-state index contributed by atoms with van der Waals surface area (Å²) in [5.74, 6) is 0.323. The summed E-state index contributed by atoms with van der Waals surface area (Å²) in [5, 5.41) is -0.623. The molecule has 0 amide bonds. The minimum atomic E-state index is -4.66. The van der Waals surface area contributed by atoms with E-state index in [1.165, 1.54) is 4.31 Å². The van der Waals surface area contributed by atoms with Gasteiger partial charge in [0.15, 0.2) is 0 Å². The molecule has 1 aromatic rings. The lowest BCUT2D eigenvalue weighted by molar-refractivity contribution is -0.141. The summed E-state index contributed by atoms with van der Waals surface area (Å²) in [6.07, 6.45) is 1.06. The van der Waals surface area contributed by atoms with E-state index in [0.29, 0.717) is 18.5 Å². The zero-order chi connectivity index (χ0) is 17.5. The van der Waals surface area contributed by atoms with Gasteiger partial charge in [0.1, 0.15) is 15.7 Å². The smallest absolute Gasteiger partial charge is 0.230 e. The number of alkyl halides is 3. The summed E-state index contributed by atoms with van der Waals surface area (Å²) >= 11 is 5.79. The molecule has 1 saturated carbocycles. The molecule has 0 radical (unpaired) electrons. The third-order valence-corrected chi connectivity index (χ3v) is 7.24. The van der Waals surface area contributed by atoms with Gasteiger partial charge in [-0.2, -0.15) is 17.5 Å². The molecule has 1 atom stereocenters. The number of rotatable bonds is 3. The number of nitrogens with zero attached hydrogens (tertiary/aromatic N) is 2. The van der Waals surface area contributed by atoms with Crippen molar-refractivity contribution < 1.29 is 21.6 Å². The highest BCUT2D eigenvalue weighted by Gasteiger charge is 2.42. The van der Waals surface area contributed by atoms with Gasteiger partial charge in [-0.15, -0.1) is 0 Å². The second-order valence-corrected chi connectivity index (χ2v) is 8.57. The van der Waals surface area contributed by atoms with Crippen molar-refractivity contribution in [1.29, 1.82) is 0 Å². The van der Waals surface area contributed by atoms with E-state index in [2.05, 4.69) is 4.98 Å². The fraction of sp³-hybridized carbons (Fsp3) is 0.667. The molecule has 1 aliphatic carbocycles. The van der Waals surface area contributed by atoms with Crippen LogP contribution in [0.25, 0.3) is 0 Å². The lowest BCUT2D eigenvalue weighted by Gasteiger charge is -2.28. The van der Waals surface area contributed by atoms with Crippen LogP contribution in [0.4, 0.5) is 13.2 Å². The molecule has 4 nitrogen and oxygen atoms in total. The lowest BCUT2D eigenvalue weighted by atomic mass is 9.97. The third-order valence-electron chi connectivity index (χ3n) is 4.88. The number of hydrogen-bond donors (Lipinski definition) is 0. The number of sulfonamides is 1. The van der Waals surface area contributed by atoms with Crippen molar-refractivity contribution in [2.75, 3.05) is 6.54 Å². The Hall–Kier alpha value is -0.860. The van der Waals surface area contributed by atoms with Gasteiger partial charge in [-0.1, -0.05) is 24.4 Å². The van der Waals surface area contributed by atoms with Crippen molar-refractivity contribution in [1.82, 2.24) is 9.29 Å². The average Bonchev–Trinajstić information content (AvgIpc) is 3.17. The third kappa shape index (κ3) is 3.28. The molecule has 0 unspecified atom stereocenters. The fourth-order valence-corrected chi connectivity index (χ4v) is 5.98. The number of aromatic nitrogens is 1. The highest BCUT2D eigenvalue weighted by atomic mass is 35.5. The van der Waals surface area contributed by atoms with Crippen LogP contribution in [0.15, 0.2) is 17.0 Å². The second kappa shape index (κ2) is 6.46. The highest BCUT2D eigenvalue weighted by molar-refractivity contribution is 7.89. The van der Waals surface area contributed by atoms with Gasteiger partial charge in [-0.25, -0.2) is 13.4 Å². The predicted molar refractivity (Wildman–Crippen MR) is 83.1 cm³/mol. The van der Waals surface area contributed by atoms with Crippen LogP contribution in [0.1, 0.15) is 44.2 Å². The van der Waals surface area contributed by atoms with Gasteiger partial charge in [0.25, 0.3) is 0 Å². The normalized spacial score (nSPS) is 23.9. The Morgan fingerprint density at radius 2 is 1.79 bits per heavy atom. The Morgan fingerprint density at radius 1 is 1.12 bits per heavy atom. The first-order chi connectivity index (χ1) is 11.2. The van der Waals surface area contributed by atoms with Gasteiger partial charge >= 0.3 is 6.18 Å². The standard InChI is InChI=1S/C15H18ClF3N2O2S/c16-14-12(7-8-13(20-14)15(17,18)19)24(22,23)21-9-3-6-11(21)10-4-1-2-5-10/h7-8,10-11H,1-6,9H2/t11-/m1/s1. The predicted octanol–water partition coefficient (Wildman–Crippen LogP) is 4.10. The van der Waals surface area contributed by atoms with Gasteiger partial charge in [0, 0.05) is 12.6 Å². The minimum absolute atomic E-state index is 0.0872. The molecule has 1 aromatic heterocycles. The Balaban J connectivity index is 1.92. The van der Waals surface area contributed by atoms with Crippen LogP contribution in [0.3, 0.4) is 0 Å². The van der Waals surface area contributed by atoms with Crippen molar-refractivity contribution >= 4 is 21.6 Å². The van der Waals surface area contributed by atoms with E-state index in [0.717, 1.165) is 44.6 Å². The Labute approximate surface area is 144 Å². The van der Waals surface area contributed by atoms with E-state index in [4.69, 9.17) is 11.6 Å². The Bertz CT molecular complexity index is 718. The largest absolute Gasteiger partial charge is 0.433 e. The van der Waals surface area contributed by atoms with Crippen LogP contribution >= 0.6 is 11.6 Å². The molecule has 2 fully saturated rings. The molecular formula is C15H18ClF3N2O2S. The fourth-order valence-electron chi connectivity index (χ4n) is 3.78. The molecule has 24 heavy (non-hydrogen) atoms. The van der Waals surface area contributed by atoms with E-state index in [-0.39, 0.29) is 10.9 Å². The van der Waals surface area contributed by atoms with E-state index in [9.17, 15) is 21.6 Å². The van der Waals surface area contributed by atoms with Gasteiger partial charge in [0.2, 0.25) is 10.0 Å². The van der Waals surface area contributed by atoms with Crippen molar-refractivity contribution in [3.05, 3.63) is 23.0 Å². The van der Waals surface area contributed by atoms with Gasteiger partial charge in [-0.05, 0) is 43.7 Å². The first kappa shape index (κ1) is 17.9. The van der Waals surface area contributed by atoms with E-state index >= 15 is 0 Å². The number of hydrogen-bond acceptors (Lipinski definition) is 3. The summed E-state index contributed by atoms with van der Waals surface area (Å²) in [7, 11) is -3.95. The maximum Gasteiger partial charge on any atom is 0.433 e. The summed E-state index contributed by atoms with van der Waals surface area (Å²) in [6.45, 7) is 0.376. The number of halogens is 4.